The lowest BCUT2D eigenvalue weighted by Crippen LogP contribution is -2.06. The highest BCUT2D eigenvalue weighted by Gasteiger charge is 2.14. The van der Waals surface area contributed by atoms with Crippen molar-refractivity contribution in [1.82, 2.24) is 0 Å². The van der Waals surface area contributed by atoms with Crippen LogP contribution in [0.5, 0.6) is 0 Å². The molecule has 1 aromatic carbocycles. The molecule has 1 rings (SSSR count). The van der Waals surface area contributed by atoms with E-state index < -0.39 is 0 Å². The van der Waals surface area contributed by atoms with Gasteiger partial charge in [-0.05, 0) is 23.5 Å². The fourth-order valence-corrected chi connectivity index (χ4v) is 2.48. The molecule has 1 nitrogen and oxygen atoms in total. The van der Waals surface area contributed by atoms with Gasteiger partial charge in [0.1, 0.15) is 10.5 Å². The first-order chi connectivity index (χ1) is 7.20. The summed E-state index contributed by atoms with van der Waals surface area (Å²) in [5.74, 6) is 0.581. The highest BCUT2D eigenvalue weighted by molar-refractivity contribution is 5.98. The van der Waals surface area contributed by atoms with Crippen LogP contribution in [0.25, 0.3) is 0 Å². The molecule has 84 valence electrons. The van der Waals surface area contributed by atoms with Crippen molar-refractivity contribution in [3.63, 3.8) is 0 Å². The maximum Gasteiger partial charge on any atom is 0.146 e. The van der Waals surface area contributed by atoms with Gasteiger partial charge in [0.25, 0.3) is 0 Å². The van der Waals surface area contributed by atoms with Crippen molar-refractivity contribution in [3.05, 3.63) is 35.4 Å². The molecule has 0 saturated heterocycles. The summed E-state index contributed by atoms with van der Waals surface area (Å²) in [4.78, 5) is 0. The summed E-state index contributed by atoms with van der Waals surface area (Å²) in [6.45, 7) is 6.70. The van der Waals surface area contributed by atoms with Crippen LogP contribution in [-0.4, -0.2) is 10.5 Å². The lowest BCUT2D eigenvalue weighted by Gasteiger charge is -2.21. The summed E-state index contributed by atoms with van der Waals surface area (Å²) < 4.78 is 5.71. The van der Waals surface area contributed by atoms with Gasteiger partial charge in [0.2, 0.25) is 0 Å². The van der Waals surface area contributed by atoms with Crippen LogP contribution in [0.1, 0.15) is 56.8 Å². The fraction of sp³-hybridized carbons (Fsp3) is 0.538. The van der Waals surface area contributed by atoms with E-state index >= 15 is 0 Å². The number of hydrogen-bond acceptors (Lipinski definition) is 1. The molecule has 0 aromatic heterocycles. The quantitative estimate of drug-likeness (QED) is 0.696. The maximum atomic E-state index is 5.71. The monoisotopic (exact) mass is 222 g/mol. The zero-order chi connectivity index (χ0) is 11.3. The Morgan fingerprint density at radius 3 is 2.27 bits per heavy atom. The van der Waals surface area contributed by atoms with Gasteiger partial charge in [-0.1, -0.05) is 51.5 Å². The van der Waals surface area contributed by atoms with Gasteiger partial charge in [-0.15, -0.1) is 0 Å². The Labute approximate surface area is 96.4 Å². The molecular formula is C13H22OSi. The second kappa shape index (κ2) is 6.08. The smallest absolute Gasteiger partial charge is 0.146 e. The molecule has 0 N–H and O–H groups in total. The van der Waals surface area contributed by atoms with Gasteiger partial charge in [-0.3, -0.25) is 0 Å². The van der Waals surface area contributed by atoms with E-state index in [2.05, 4.69) is 45.0 Å². The van der Waals surface area contributed by atoms with E-state index in [0.717, 1.165) is 16.9 Å². The SMILES string of the molecule is CCCC(O[SiH3])c1ccccc1C(C)C. The Morgan fingerprint density at radius 2 is 1.80 bits per heavy atom. The average molecular weight is 222 g/mol. The molecule has 0 aliphatic rings. The Hall–Kier alpha value is -0.603. The Morgan fingerprint density at radius 1 is 1.20 bits per heavy atom. The third kappa shape index (κ3) is 3.18. The molecule has 0 fully saturated rings. The normalized spacial score (nSPS) is 13.3. The minimum atomic E-state index is 0.320. The topological polar surface area (TPSA) is 9.23 Å². The summed E-state index contributed by atoms with van der Waals surface area (Å²) in [5, 5.41) is 0. The zero-order valence-electron chi connectivity index (χ0n) is 10.3. The van der Waals surface area contributed by atoms with Gasteiger partial charge in [-0.25, -0.2) is 0 Å². The van der Waals surface area contributed by atoms with Crippen LogP contribution in [0.15, 0.2) is 24.3 Å². The van der Waals surface area contributed by atoms with Crippen molar-refractivity contribution < 1.29 is 4.43 Å². The molecule has 0 amide bonds. The molecule has 2 heteroatoms. The largest absolute Gasteiger partial charge is 0.421 e. The first-order valence-corrected chi connectivity index (χ1v) is 6.64. The van der Waals surface area contributed by atoms with E-state index in [1.165, 1.54) is 17.5 Å². The summed E-state index contributed by atoms with van der Waals surface area (Å²) in [7, 11) is 0.815. The molecular weight excluding hydrogens is 200 g/mol. The molecule has 0 aliphatic heterocycles. The van der Waals surface area contributed by atoms with Crippen molar-refractivity contribution >= 4 is 10.5 Å². The average Bonchev–Trinajstić information content (AvgIpc) is 2.26. The first-order valence-electron chi connectivity index (χ1n) is 5.82. The molecule has 1 atom stereocenters. The van der Waals surface area contributed by atoms with Crippen LogP contribution in [0.3, 0.4) is 0 Å². The molecule has 15 heavy (non-hydrogen) atoms. The second-order valence-electron chi connectivity index (χ2n) is 4.30. The minimum absolute atomic E-state index is 0.320. The van der Waals surface area contributed by atoms with Gasteiger partial charge >= 0.3 is 0 Å². The van der Waals surface area contributed by atoms with Crippen LogP contribution in [0, 0.1) is 0 Å². The predicted octanol–water partition coefficient (Wildman–Crippen LogP) is 2.95. The minimum Gasteiger partial charge on any atom is -0.421 e. The van der Waals surface area contributed by atoms with Gasteiger partial charge in [-0.2, -0.15) is 0 Å². The van der Waals surface area contributed by atoms with E-state index in [9.17, 15) is 0 Å². The van der Waals surface area contributed by atoms with Crippen LogP contribution < -0.4 is 0 Å². The molecule has 0 saturated carbocycles. The van der Waals surface area contributed by atoms with Crippen molar-refractivity contribution in [2.24, 2.45) is 0 Å². The lowest BCUT2D eigenvalue weighted by atomic mass is 9.92. The van der Waals surface area contributed by atoms with Gasteiger partial charge in [0, 0.05) is 0 Å². The summed E-state index contributed by atoms with van der Waals surface area (Å²) in [6, 6.07) is 8.68. The Balaban J connectivity index is 2.99. The Bertz CT molecular complexity index is 296. The lowest BCUT2D eigenvalue weighted by molar-refractivity contribution is 0.212. The molecule has 0 spiro atoms. The van der Waals surface area contributed by atoms with Crippen LogP contribution in [0.2, 0.25) is 0 Å². The molecule has 0 radical (unpaired) electrons. The van der Waals surface area contributed by atoms with Gasteiger partial charge < -0.3 is 4.43 Å². The van der Waals surface area contributed by atoms with Crippen molar-refractivity contribution in [2.75, 3.05) is 0 Å². The van der Waals surface area contributed by atoms with Crippen LogP contribution in [-0.2, 0) is 4.43 Å². The van der Waals surface area contributed by atoms with E-state index in [-0.39, 0.29) is 0 Å². The van der Waals surface area contributed by atoms with Crippen molar-refractivity contribution in [3.8, 4) is 0 Å². The predicted molar refractivity (Wildman–Crippen MR) is 69.2 cm³/mol. The third-order valence-corrected chi connectivity index (χ3v) is 3.37. The highest BCUT2D eigenvalue weighted by atomic mass is 28.2. The van der Waals surface area contributed by atoms with E-state index in [1.54, 1.807) is 0 Å². The first kappa shape index (κ1) is 12.5. The molecule has 1 aromatic rings. The molecule has 1 unspecified atom stereocenters. The molecule has 0 heterocycles. The van der Waals surface area contributed by atoms with E-state index in [1.807, 2.05) is 0 Å². The number of hydrogen-bond donors (Lipinski definition) is 0. The van der Waals surface area contributed by atoms with Gasteiger partial charge in [0.15, 0.2) is 0 Å². The third-order valence-electron chi connectivity index (χ3n) is 2.80. The molecule has 0 bridgehead atoms. The maximum absolute atomic E-state index is 5.71. The summed E-state index contributed by atoms with van der Waals surface area (Å²) >= 11 is 0. The number of rotatable bonds is 5. The zero-order valence-corrected chi connectivity index (χ0v) is 12.3. The number of benzene rings is 1. The fourth-order valence-electron chi connectivity index (χ4n) is 1.99. The van der Waals surface area contributed by atoms with Crippen molar-refractivity contribution in [1.29, 1.82) is 0 Å². The summed E-state index contributed by atoms with van der Waals surface area (Å²) in [6.07, 6.45) is 2.63. The van der Waals surface area contributed by atoms with Crippen molar-refractivity contribution in [2.45, 2.75) is 45.6 Å². The van der Waals surface area contributed by atoms with Crippen LogP contribution >= 0.6 is 0 Å². The van der Waals surface area contributed by atoms with Crippen LogP contribution in [0.4, 0.5) is 0 Å². The Kier molecular flexibility index (Phi) is 5.06. The highest BCUT2D eigenvalue weighted by Crippen LogP contribution is 2.29. The standard InChI is InChI=1S/C13H22OSi/c1-4-7-13(14-15)12-9-6-5-8-11(12)10(2)3/h5-6,8-10,13H,4,7H2,1-3,15H3. The van der Waals surface area contributed by atoms with E-state index in [4.69, 9.17) is 4.43 Å². The molecule has 0 aliphatic carbocycles. The van der Waals surface area contributed by atoms with E-state index in [0.29, 0.717) is 12.0 Å². The summed E-state index contributed by atoms with van der Waals surface area (Å²) in [5.41, 5.74) is 2.83. The second-order valence-corrected chi connectivity index (χ2v) is 4.77. The van der Waals surface area contributed by atoms with Gasteiger partial charge in [0.05, 0.1) is 6.10 Å².